The zero-order valence-electron chi connectivity index (χ0n) is 16.5. The van der Waals surface area contributed by atoms with Crippen LogP contribution in [0.15, 0.2) is 41.0 Å². The van der Waals surface area contributed by atoms with E-state index in [1.54, 1.807) is 0 Å². The summed E-state index contributed by atoms with van der Waals surface area (Å²) in [5.41, 5.74) is 4.68. The molecule has 1 aromatic carbocycles. The van der Waals surface area contributed by atoms with Crippen LogP contribution in [0.3, 0.4) is 0 Å². The third-order valence-electron chi connectivity index (χ3n) is 5.99. The molecule has 3 aliphatic rings. The zero-order valence-corrected chi connectivity index (χ0v) is 16.5. The molecule has 2 fully saturated rings. The number of carbonyl (C=O) groups is 1. The SMILES string of the molecule is CC(C)c1ccc(C#CC2N=C3CCN(C4CC(C(=O)O)C4)CC3=CN2)cc1. The second-order valence-corrected chi connectivity index (χ2v) is 8.24. The number of likely N-dealkylation sites (tertiary alicyclic amines) is 1. The lowest BCUT2D eigenvalue weighted by Crippen LogP contribution is -2.51. The molecule has 1 saturated heterocycles. The number of nitrogens with one attached hydrogen (secondary N) is 1. The summed E-state index contributed by atoms with van der Waals surface area (Å²) in [7, 11) is 0. The van der Waals surface area contributed by atoms with E-state index in [1.807, 2.05) is 6.20 Å². The Morgan fingerprint density at radius 3 is 2.71 bits per heavy atom. The van der Waals surface area contributed by atoms with Crippen molar-refractivity contribution in [3.63, 3.8) is 0 Å². The zero-order chi connectivity index (χ0) is 19.7. The van der Waals surface area contributed by atoms with Gasteiger partial charge in [-0.1, -0.05) is 31.9 Å². The van der Waals surface area contributed by atoms with Crippen LogP contribution in [0.4, 0.5) is 0 Å². The van der Waals surface area contributed by atoms with Crippen molar-refractivity contribution in [3.8, 4) is 11.8 Å². The van der Waals surface area contributed by atoms with Gasteiger partial charge in [0, 0.05) is 48.6 Å². The molecule has 5 nitrogen and oxygen atoms in total. The minimum Gasteiger partial charge on any atom is -0.481 e. The van der Waals surface area contributed by atoms with Gasteiger partial charge in [0.25, 0.3) is 0 Å². The predicted molar refractivity (Wildman–Crippen MR) is 110 cm³/mol. The smallest absolute Gasteiger partial charge is 0.306 e. The van der Waals surface area contributed by atoms with Crippen LogP contribution >= 0.6 is 0 Å². The summed E-state index contributed by atoms with van der Waals surface area (Å²) in [6, 6.07) is 8.81. The molecular weight excluding hydrogens is 350 g/mol. The molecule has 146 valence electrons. The standard InChI is InChI=1S/C23H27N3O2/c1-15(2)17-6-3-16(4-7-17)5-8-22-24-13-19-14-26(10-9-21(19)25-22)20-11-18(12-20)23(27)28/h3-4,6-7,13,15,18,20,22,24H,9-12,14H2,1-2H3,(H,27,28). The van der Waals surface area contributed by atoms with Gasteiger partial charge in [-0.25, -0.2) is 0 Å². The first-order chi connectivity index (χ1) is 13.5. The summed E-state index contributed by atoms with van der Waals surface area (Å²) in [5, 5.41) is 12.4. The molecule has 1 unspecified atom stereocenters. The highest BCUT2D eigenvalue weighted by Crippen LogP contribution is 2.34. The number of hydrogen-bond donors (Lipinski definition) is 2. The Bertz CT molecular complexity index is 867. The molecule has 1 aliphatic carbocycles. The number of piperidine rings is 1. The molecular formula is C23H27N3O2. The summed E-state index contributed by atoms with van der Waals surface area (Å²) in [4.78, 5) is 18.2. The third kappa shape index (κ3) is 3.98. The van der Waals surface area contributed by atoms with Gasteiger partial charge < -0.3 is 10.4 Å². The second-order valence-electron chi connectivity index (χ2n) is 8.24. The average molecular weight is 377 g/mol. The summed E-state index contributed by atoms with van der Waals surface area (Å²) in [6.45, 7) is 6.17. The summed E-state index contributed by atoms with van der Waals surface area (Å²) >= 11 is 0. The molecule has 0 aromatic heterocycles. The summed E-state index contributed by atoms with van der Waals surface area (Å²) in [5.74, 6) is 6.15. The average Bonchev–Trinajstić information content (AvgIpc) is 2.65. The fourth-order valence-corrected chi connectivity index (χ4v) is 4.02. The molecule has 1 saturated carbocycles. The molecule has 2 N–H and O–H groups in total. The van der Waals surface area contributed by atoms with E-state index in [0.717, 1.165) is 43.6 Å². The van der Waals surface area contributed by atoms with Crippen molar-refractivity contribution in [1.82, 2.24) is 10.2 Å². The Kier molecular flexibility index (Phi) is 5.23. The molecule has 2 aliphatic heterocycles. The van der Waals surface area contributed by atoms with Crippen molar-refractivity contribution < 1.29 is 9.90 Å². The van der Waals surface area contributed by atoms with Gasteiger partial charge in [0.2, 0.25) is 0 Å². The highest BCUT2D eigenvalue weighted by Gasteiger charge is 2.39. The van der Waals surface area contributed by atoms with Crippen LogP contribution in [0.1, 0.15) is 50.2 Å². The lowest BCUT2D eigenvalue weighted by molar-refractivity contribution is -0.147. The first-order valence-corrected chi connectivity index (χ1v) is 10.1. The number of carboxylic acid groups (broad SMARTS) is 1. The van der Waals surface area contributed by atoms with Crippen molar-refractivity contribution in [3.05, 3.63) is 47.2 Å². The maximum Gasteiger partial charge on any atom is 0.306 e. The number of rotatable bonds is 3. The van der Waals surface area contributed by atoms with Gasteiger partial charge in [0.1, 0.15) is 0 Å². The predicted octanol–water partition coefficient (Wildman–Crippen LogP) is 2.98. The van der Waals surface area contributed by atoms with Crippen LogP contribution in [0, 0.1) is 17.8 Å². The van der Waals surface area contributed by atoms with Crippen molar-refractivity contribution in [2.24, 2.45) is 10.9 Å². The molecule has 1 aromatic rings. The van der Waals surface area contributed by atoms with Gasteiger partial charge >= 0.3 is 5.97 Å². The van der Waals surface area contributed by atoms with E-state index in [2.05, 4.69) is 60.2 Å². The molecule has 28 heavy (non-hydrogen) atoms. The Balaban J connectivity index is 1.35. The van der Waals surface area contributed by atoms with Crippen LogP contribution in [0.25, 0.3) is 0 Å². The van der Waals surface area contributed by atoms with Gasteiger partial charge in [-0.05, 0) is 42.4 Å². The van der Waals surface area contributed by atoms with Gasteiger partial charge in [-0.2, -0.15) is 0 Å². The van der Waals surface area contributed by atoms with Gasteiger partial charge in [0.15, 0.2) is 6.17 Å². The minimum absolute atomic E-state index is 0.159. The van der Waals surface area contributed by atoms with Crippen LogP contribution in [-0.2, 0) is 4.79 Å². The van der Waals surface area contributed by atoms with Crippen molar-refractivity contribution in [2.75, 3.05) is 13.1 Å². The molecule has 0 radical (unpaired) electrons. The maximum absolute atomic E-state index is 11.0. The Morgan fingerprint density at radius 2 is 2.04 bits per heavy atom. The van der Waals surface area contributed by atoms with E-state index in [0.29, 0.717) is 12.0 Å². The van der Waals surface area contributed by atoms with E-state index < -0.39 is 5.97 Å². The van der Waals surface area contributed by atoms with Crippen molar-refractivity contribution >= 4 is 11.7 Å². The number of aliphatic carboxylic acids is 1. The van der Waals surface area contributed by atoms with Gasteiger partial charge in [-0.15, -0.1) is 0 Å². The molecule has 0 amide bonds. The van der Waals surface area contributed by atoms with Crippen LogP contribution < -0.4 is 5.32 Å². The second kappa shape index (κ2) is 7.81. The monoisotopic (exact) mass is 377 g/mol. The van der Waals surface area contributed by atoms with E-state index in [9.17, 15) is 4.79 Å². The fourth-order valence-electron chi connectivity index (χ4n) is 4.02. The quantitative estimate of drug-likeness (QED) is 0.795. The van der Waals surface area contributed by atoms with E-state index in [1.165, 1.54) is 11.1 Å². The maximum atomic E-state index is 11.0. The third-order valence-corrected chi connectivity index (χ3v) is 5.99. The molecule has 4 rings (SSSR count). The van der Waals surface area contributed by atoms with Gasteiger partial charge in [-0.3, -0.25) is 14.7 Å². The summed E-state index contributed by atoms with van der Waals surface area (Å²) in [6.07, 6.45) is 4.29. The number of carboxylic acids is 1. The summed E-state index contributed by atoms with van der Waals surface area (Å²) < 4.78 is 0. The van der Waals surface area contributed by atoms with Crippen LogP contribution in [0.5, 0.6) is 0 Å². The lowest BCUT2D eigenvalue weighted by atomic mass is 9.78. The first-order valence-electron chi connectivity index (χ1n) is 10.1. The Labute approximate surface area is 166 Å². The molecule has 0 bridgehead atoms. The van der Waals surface area contributed by atoms with Crippen molar-refractivity contribution in [1.29, 1.82) is 0 Å². The van der Waals surface area contributed by atoms with E-state index >= 15 is 0 Å². The number of hydrogen-bond acceptors (Lipinski definition) is 4. The van der Waals surface area contributed by atoms with E-state index in [4.69, 9.17) is 10.1 Å². The highest BCUT2D eigenvalue weighted by molar-refractivity contribution is 6.02. The normalized spacial score (nSPS) is 26.8. The number of aliphatic imine (C=N–C) groups is 1. The van der Waals surface area contributed by atoms with Crippen LogP contribution in [0.2, 0.25) is 0 Å². The largest absolute Gasteiger partial charge is 0.481 e. The minimum atomic E-state index is -0.658. The molecule has 2 heterocycles. The molecule has 1 atom stereocenters. The van der Waals surface area contributed by atoms with Crippen molar-refractivity contribution in [2.45, 2.75) is 51.2 Å². The molecule has 0 spiro atoms. The first kappa shape index (κ1) is 18.8. The number of benzene rings is 1. The molecule has 5 heteroatoms. The van der Waals surface area contributed by atoms with Gasteiger partial charge in [0.05, 0.1) is 5.92 Å². The number of fused-ring (bicyclic) bond motifs is 1. The Morgan fingerprint density at radius 1 is 1.29 bits per heavy atom. The Hall–Kier alpha value is -2.58. The lowest BCUT2D eigenvalue weighted by Gasteiger charge is -2.44. The topological polar surface area (TPSA) is 64.9 Å². The van der Waals surface area contributed by atoms with E-state index in [-0.39, 0.29) is 12.1 Å². The van der Waals surface area contributed by atoms with Crippen LogP contribution in [-0.4, -0.2) is 47.0 Å². The number of nitrogens with zero attached hydrogens (tertiary/aromatic N) is 2. The highest BCUT2D eigenvalue weighted by atomic mass is 16.4. The fraction of sp³-hybridized carbons (Fsp3) is 0.478.